The molecule has 1 unspecified atom stereocenters. The van der Waals surface area contributed by atoms with Gasteiger partial charge in [0.15, 0.2) is 0 Å². The summed E-state index contributed by atoms with van der Waals surface area (Å²) in [5.74, 6) is 0.734. The van der Waals surface area contributed by atoms with Crippen molar-refractivity contribution in [3.05, 3.63) is 53.9 Å². The van der Waals surface area contributed by atoms with Gasteiger partial charge < -0.3 is 24.4 Å². The Bertz CT molecular complexity index is 922. The average molecular weight is 455 g/mol. The van der Waals surface area contributed by atoms with Crippen molar-refractivity contribution in [2.24, 2.45) is 0 Å². The summed E-state index contributed by atoms with van der Waals surface area (Å²) >= 11 is 0. The number of anilines is 1. The number of hydrogen-bond donors (Lipinski definition) is 1. The van der Waals surface area contributed by atoms with Crippen LogP contribution in [-0.4, -0.2) is 83.1 Å². The van der Waals surface area contributed by atoms with Gasteiger partial charge in [-0.05, 0) is 50.5 Å². The number of likely N-dealkylation sites (tertiary alicyclic amines) is 1. The fraction of sp³-hybridized carbons (Fsp3) is 0.560. The molecule has 1 aromatic carbocycles. The Hall–Kier alpha value is -2.55. The summed E-state index contributed by atoms with van der Waals surface area (Å²) in [6, 6.07) is 9.37. The van der Waals surface area contributed by atoms with Gasteiger partial charge in [-0.3, -0.25) is 4.79 Å². The molecule has 0 aliphatic carbocycles. The third kappa shape index (κ3) is 5.88. The van der Waals surface area contributed by atoms with Gasteiger partial charge >= 0.3 is 0 Å². The van der Waals surface area contributed by atoms with Crippen molar-refractivity contribution in [1.82, 2.24) is 14.9 Å². The third-order valence-electron chi connectivity index (χ3n) is 6.31. The van der Waals surface area contributed by atoms with Gasteiger partial charge in [0.25, 0.3) is 5.91 Å². The summed E-state index contributed by atoms with van der Waals surface area (Å²) in [4.78, 5) is 26.0. The predicted molar refractivity (Wildman–Crippen MR) is 125 cm³/mol. The molecule has 178 valence electrons. The minimum atomic E-state index is -0.772. The van der Waals surface area contributed by atoms with E-state index < -0.39 is 5.60 Å². The van der Waals surface area contributed by atoms with Crippen molar-refractivity contribution < 1.29 is 19.4 Å². The Morgan fingerprint density at radius 1 is 1.21 bits per heavy atom. The molecular formula is C25H34N4O4. The molecule has 2 aliphatic heterocycles. The van der Waals surface area contributed by atoms with Crippen LogP contribution in [0.5, 0.6) is 0 Å². The summed E-state index contributed by atoms with van der Waals surface area (Å²) in [6.45, 7) is 6.71. The number of aromatic nitrogens is 2. The largest absolute Gasteiger partial charge is 0.390 e. The van der Waals surface area contributed by atoms with E-state index >= 15 is 0 Å². The lowest BCUT2D eigenvalue weighted by Gasteiger charge is -2.49. The number of morpholine rings is 1. The summed E-state index contributed by atoms with van der Waals surface area (Å²) in [5.41, 5.74) is 0.561. The molecule has 0 radical (unpaired) electrons. The number of carbonyl (C=O) groups excluding carboxylic acids is 1. The molecule has 1 spiro atoms. The monoisotopic (exact) mass is 454 g/mol. The minimum Gasteiger partial charge on any atom is -0.390 e. The second kappa shape index (κ2) is 9.75. The van der Waals surface area contributed by atoms with Gasteiger partial charge in [-0.15, -0.1) is 0 Å². The van der Waals surface area contributed by atoms with Gasteiger partial charge in [-0.25, -0.2) is 9.97 Å². The number of aliphatic hydroxyl groups is 1. The Balaban J connectivity index is 1.41. The number of ether oxygens (including phenoxy) is 2. The van der Waals surface area contributed by atoms with Gasteiger partial charge in [-0.1, -0.05) is 12.1 Å². The van der Waals surface area contributed by atoms with E-state index in [2.05, 4.69) is 14.9 Å². The molecule has 1 aromatic heterocycles. The number of piperidine rings is 1. The lowest BCUT2D eigenvalue weighted by Crippen LogP contribution is -2.61. The van der Waals surface area contributed by atoms with Crippen LogP contribution in [0.3, 0.4) is 0 Å². The molecule has 0 saturated carbocycles. The summed E-state index contributed by atoms with van der Waals surface area (Å²) in [6.07, 6.45) is 5.49. The summed E-state index contributed by atoms with van der Waals surface area (Å²) in [5, 5.41) is 10.0. The molecule has 3 heterocycles. The average Bonchev–Trinajstić information content (AvgIpc) is 2.79. The highest BCUT2D eigenvalue weighted by atomic mass is 16.5. The fourth-order valence-electron chi connectivity index (χ4n) is 4.81. The number of benzene rings is 1. The van der Waals surface area contributed by atoms with E-state index in [4.69, 9.17) is 9.47 Å². The molecule has 2 fully saturated rings. The molecule has 1 atom stereocenters. The van der Waals surface area contributed by atoms with Crippen LogP contribution in [0.1, 0.15) is 42.6 Å². The van der Waals surface area contributed by atoms with Crippen LogP contribution in [0.4, 0.5) is 5.95 Å². The van der Waals surface area contributed by atoms with Crippen molar-refractivity contribution in [2.45, 2.75) is 50.4 Å². The van der Waals surface area contributed by atoms with E-state index in [1.807, 2.05) is 35.2 Å². The third-order valence-corrected chi connectivity index (χ3v) is 6.31. The summed E-state index contributed by atoms with van der Waals surface area (Å²) < 4.78 is 11.9. The highest BCUT2D eigenvalue weighted by Gasteiger charge is 2.44. The number of amides is 1. The number of hydrogen-bond acceptors (Lipinski definition) is 7. The maximum Gasteiger partial charge on any atom is 0.253 e. The molecular weight excluding hydrogens is 420 g/mol. The van der Waals surface area contributed by atoms with Crippen LogP contribution in [0.15, 0.2) is 42.7 Å². The van der Waals surface area contributed by atoms with Crippen molar-refractivity contribution in [3.8, 4) is 0 Å². The zero-order chi connectivity index (χ0) is 23.5. The van der Waals surface area contributed by atoms with E-state index in [1.165, 1.54) is 0 Å². The lowest BCUT2D eigenvalue weighted by molar-refractivity contribution is -0.145. The van der Waals surface area contributed by atoms with Crippen LogP contribution < -0.4 is 4.90 Å². The van der Waals surface area contributed by atoms with Crippen LogP contribution in [0.25, 0.3) is 0 Å². The van der Waals surface area contributed by atoms with Gasteiger partial charge in [-0.2, -0.15) is 0 Å². The second-order valence-corrected chi connectivity index (χ2v) is 9.79. The highest BCUT2D eigenvalue weighted by Crippen LogP contribution is 2.34. The number of nitrogens with zero attached hydrogens (tertiary/aromatic N) is 4. The second-order valence-electron chi connectivity index (χ2n) is 9.79. The van der Waals surface area contributed by atoms with Gasteiger partial charge in [0.05, 0.1) is 30.5 Å². The van der Waals surface area contributed by atoms with E-state index in [1.54, 1.807) is 33.4 Å². The first-order valence-corrected chi connectivity index (χ1v) is 11.6. The molecule has 2 aromatic rings. The Morgan fingerprint density at radius 3 is 2.48 bits per heavy atom. The van der Waals surface area contributed by atoms with Crippen molar-refractivity contribution in [2.75, 3.05) is 44.8 Å². The topological polar surface area (TPSA) is 88.0 Å². The Kier molecular flexibility index (Phi) is 6.97. The predicted octanol–water partition coefficient (Wildman–Crippen LogP) is 2.32. The molecule has 33 heavy (non-hydrogen) atoms. The van der Waals surface area contributed by atoms with E-state index in [-0.39, 0.29) is 17.6 Å². The Labute approximate surface area is 195 Å². The molecule has 1 amide bonds. The molecule has 0 bridgehead atoms. The zero-order valence-corrected chi connectivity index (χ0v) is 19.7. The zero-order valence-electron chi connectivity index (χ0n) is 19.7. The molecule has 2 aliphatic rings. The van der Waals surface area contributed by atoms with Crippen LogP contribution in [0.2, 0.25) is 0 Å². The van der Waals surface area contributed by atoms with Crippen molar-refractivity contribution >= 4 is 11.9 Å². The van der Waals surface area contributed by atoms with Crippen molar-refractivity contribution in [3.63, 3.8) is 0 Å². The SMILES string of the molecule is COCC1CN(c2ncccn2)CC2(CCN(C(=O)c3ccc(CC(C)(C)O)cc3)CC2)O1. The van der Waals surface area contributed by atoms with Gasteiger partial charge in [0.2, 0.25) is 5.95 Å². The molecule has 8 nitrogen and oxygen atoms in total. The highest BCUT2D eigenvalue weighted by molar-refractivity contribution is 5.94. The van der Waals surface area contributed by atoms with E-state index in [0.717, 1.165) is 18.4 Å². The molecule has 2 saturated heterocycles. The van der Waals surface area contributed by atoms with Crippen LogP contribution >= 0.6 is 0 Å². The van der Waals surface area contributed by atoms with Crippen molar-refractivity contribution in [1.29, 1.82) is 0 Å². The quantitative estimate of drug-likeness (QED) is 0.717. The lowest BCUT2D eigenvalue weighted by atomic mass is 9.88. The minimum absolute atomic E-state index is 0.0344. The first-order chi connectivity index (χ1) is 15.8. The van der Waals surface area contributed by atoms with E-state index in [9.17, 15) is 9.90 Å². The first kappa shape index (κ1) is 23.6. The Morgan fingerprint density at radius 2 is 1.88 bits per heavy atom. The van der Waals surface area contributed by atoms with Crippen LogP contribution in [-0.2, 0) is 15.9 Å². The number of rotatable bonds is 6. The number of carbonyl (C=O) groups is 1. The van der Waals surface area contributed by atoms with Crippen LogP contribution in [0, 0.1) is 0 Å². The maximum atomic E-state index is 13.1. The van der Waals surface area contributed by atoms with Gasteiger partial charge in [0, 0.05) is 51.1 Å². The summed E-state index contributed by atoms with van der Waals surface area (Å²) in [7, 11) is 1.68. The first-order valence-electron chi connectivity index (χ1n) is 11.6. The number of methoxy groups -OCH3 is 1. The molecule has 8 heteroatoms. The molecule has 4 rings (SSSR count). The normalized spacial score (nSPS) is 20.8. The standard InChI is InChI=1S/C25H34N4O4/c1-24(2,31)15-19-5-7-20(8-6-19)22(30)28-13-9-25(10-14-28)18-29(16-21(33-25)17-32-3)23-26-11-4-12-27-23/h4-8,11-12,21,31H,9-10,13-18H2,1-3H3. The molecule has 1 N–H and O–H groups in total. The fourth-order valence-corrected chi connectivity index (χ4v) is 4.81. The maximum absolute atomic E-state index is 13.1. The van der Waals surface area contributed by atoms with Gasteiger partial charge in [0.1, 0.15) is 0 Å². The van der Waals surface area contributed by atoms with E-state index in [0.29, 0.717) is 50.7 Å². The smallest absolute Gasteiger partial charge is 0.253 e.